The van der Waals surface area contributed by atoms with Crippen LogP contribution in [0.5, 0.6) is 0 Å². The highest BCUT2D eigenvalue weighted by molar-refractivity contribution is 7.90. The van der Waals surface area contributed by atoms with Crippen LogP contribution in [0.3, 0.4) is 0 Å². The fourth-order valence-electron chi connectivity index (χ4n) is 4.39. The van der Waals surface area contributed by atoms with Crippen molar-refractivity contribution in [3.63, 3.8) is 0 Å². The van der Waals surface area contributed by atoms with Crippen LogP contribution in [0, 0.1) is 17.7 Å². The Morgan fingerprint density at radius 1 is 1.13 bits per heavy atom. The monoisotopic (exact) mass is 453 g/mol. The van der Waals surface area contributed by atoms with Gasteiger partial charge in [-0.15, -0.1) is 4.99 Å². The summed E-state index contributed by atoms with van der Waals surface area (Å²) >= 11 is 0. The second-order valence-corrected chi connectivity index (χ2v) is 10.7. The van der Waals surface area contributed by atoms with Crippen LogP contribution in [0.1, 0.15) is 31.2 Å². The molecule has 31 heavy (non-hydrogen) atoms. The van der Waals surface area contributed by atoms with Crippen molar-refractivity contribution >= 4 is 27.8 Å². The maximum absolute atomic E-state index is 14.9. The molecule has 1 saturated carbocycles. The molecule has 2 saturated heterocycles. The highest BCUT2D eigenvalue weighted by Crippen LogP contribution is 2.38. The zero-order valence-electron chi connectivity index (χ0n) is 17.2. The minimum Gasteiger partial charge on any atom is -0.443 e. The van der Waals surface area contributed by atoms with Gasteiger partial charge in [0, 0.05) is 31.7 Å². The van der Waals surface area contributed by atoms with Crippen LogP contribution in [0.2, 0.25) is 0 Å². The third-order valence-corrected chi connectivity index (χ3v) is 8.75. The lowest BCUT2D eigenvalue weighted by molar-refractivity contribution is 0.149. The van der Waals surface area contributed by atoms with Gasteiger partial charge in [0.15, 0.2) is 11.8 Å². The van der Waals surface area contributed by atoms with Gasteiger partial charge in [-0.2, -0.15) is 0 Å². The molecule has 3 fully saturated rings. The summed E-state index contributed by atoms with van der Waals surface area (Å²) in [7, 11) is -3.09. The Bertz CT molecular complexity index is 964. The number of hydrogen-bond donors (Lipinski definition) is 2. The number of anilines is 1. The lowest BCUT2D eigenvalue weighted by atomic mass is 9.80. The molecule has 0 radical (unpaired) electrons. The van der Waals surface area contributed by atoms with E-state index in [4.69, 9.17) is 16.2 Å². The minimum atomic E-state index is -3.09. The molecular formula is C20H28FN5O4S. The Kier molecular flexibility index (Phi) is 6.07. The van der Waals surface area contributed by atoms with Crippen LogP contribution in [-0.4, -0.2) is 56.2 Å². The van der Waals surface area contributed by atoms with Crippen molar-refractivity contribution in [2.24, 2.45) is 28.3 Å². The molecule has 9 nitrogen and oxygen atoms in total. The number of nitrogens with two attached hydrogens (primary N) is 2. The lowest BCUT2D eigenvalue weighted by Crippen LogP contribution is -2.53. The molecule has 2 aliphatic heterocycles. The van der Waals surface area contributed by atoms with Crippen LogP contribution in [0.4, 0.5) is 14.9 Å². The molecule has 1 aromatic carbocycles. The third kappa shape index (κ3) is 4.77. The average Bonchev–Trinajstić information content (AvgIpc) is 3.53. The molecule has 1 aromatic rings. The van der Waals surface area contributed by atoms with Crippen LogP contribution >= 0.6 is 0 Å². The van der Waals surface area contributed by atoms with E-state index in [1.807, 2.05) is 4.90 Å². The van der Waals surface area contributed by atoms with E-state index in [0.717, 1.165) is 38.8 Å². The van der Waals surface area contributed by atoms with E-state index in [1.165, 1.54) is 0 Å². The first kappa shape index (κ1) is 21.8. The molecule has 0 aromatic heterocycles. The number of hydrogen-bond acceptors (Lipinski definition) is 5. The number of sulfonamides is 1. The van der Waals surface area contributed by atoms with Crippen molar-refractivity contribution < 1.29 is 22.3 Å². The van der Waals surface area contributed by atoms with Crippen molar-refractivity contribution in [1.82, 2.24) is 4.31 Å². The fourth-order valence-corrected chi connectivity index (χ4v) is 6.26. The third-order valence-electron chi connectivity index (χ3n) is 6.35. The maximum atomic E-state index is 14.9. The number of ether oxygens (including phenoxy) is 1. The molecule has 1 aliphatic carbocycles. The molecule has 3 aliphatic rings. The summed E-state index contributed by atoms with van der Waals surface area (Å²) in [6.07, 6.45) is 2.32. The highest BCUT2D eigenvalue weighted by atomic mass is 32.2. The molecule has 4 rings (SSSR count). The Hall–Kier alpha value is -2.40. The Balaban J connectivity index is 1.29. The van der Waals surface area contributed by atoms with E-state index in [1.54, 1.807) is 22.5 Å². The van der Waals surface area contributed by atoms with Gasteiger partial charge in [0.2, 0.25) is 10.0 Å². The first-order valence-electron chi connectivity index (χ1n) is 10.5. The molecule has 1 amide bonds. The molecule has 2 heterocycles. The van der Waals surface area contributed by atoms with Crippen molar-refractivity contribution in [2.75, 3.05) is 31.1 Å². The quantitative estimate of drug-likeness (QED) is 0.491. The van der Waals surface area contributed by atoms with Gasteiger partial charge in [0.05, 0.1) is 10.9 Å². The van der Waals surface area contributed by atoms with Gasteiger partial charge in [0.25, 0.3) is 0 Å². The average molecular weight is 454 g/mol. The number of aliphatic imine (C=N–C) groups is 1. The van der Waals surface area contributed by atoms with Gasteiger partial charge >= 0.3 is 6.09 Å². The van der Waals surface area contributed by atoms with E-state index in [2.05, 4.69) is 4.99 Å². The second kappa shape index (κ2) is 8.62. The van der Waals surface area contributed by atoms with Crippen LogP contribution in [-0.2, 0) is 21.4 Å². The van der Waals surface area contributed by atoms with Crippen molar-refractivity contribution in [3.05, 3.63) is 29.6 Å². The predicted molar refractivity (Wildman–Crippen MR) is 114 cm³/mol. The zero-order valence-corrected chi connectivity index (χ0v) is 18.1. The molecule has 0 unspecified atom stereocenters. The summed E-state index contributed by atoms with van der Waals surface area (Å²) in [5, 5.41) is -0.155. The van der Waals surface area contributed by atoms with Gasteiger partial charge in [-0.25, -0.2) is 21.9 Å². The van der Waals surface area contributed by atoms with Crippen molar-refractivity contribution in [3.8, 4) is 0 Å². The summed E-state index contributed by atoms with van der Waals surface area (Å²) in [5.41, 5.74) is 11.0. The Morgan fingerprint density at radius 2 is 1.81 bits per heavy atom. The highest BCUT2D eigenvalue weighted by Gasteiger charge is 2.43. The van der Waals surface area contributed by atoms with Crippen LogP contribution in [0.15, 0.2) is 23.2 Å². The number of piperidine rings is 1. The number of nitrogens with zero attached hydrogens (tertiary/aromatic N) is 3. The van der Waals surface area contributed by atoms with Crippen molar-refractivity contribution in [2.45, 2.75) is 37.5 Å². The number of benzene rings is 1. The molecule has 170 valence electrons. The normalized spacial score (nSPS) is 20.9. The molecule has 0 atom stereocenters. The summed E-state index contributed by atoms with van der Waals surface area (Å²) in [5.74, 6) is 0.0350. The number of rotatable bonds is 6. The number of halogens is 1. The smallest absolute Gasteiger partial charge is 0.437 e. The number of amides is 1. The minimum absolute atomic E-state index is 0.155. The Morgan fingerprint density at radius 3 is 2.42 bits per heavy atom. The molecular weight excluding hydrogens is 425 g/mol. The number of carbonyl (C=O) groups excluding carboxylic acids is 1. The largest absolute Gasteiger partial charge is 0.443 e. The lowest BCUT2D eigenvalue weighted by Gasteiger charge is -2.47. The van der Waals surface area contributed by atoms with Crippen LogP contribution < -0.4 is 16.4 Å². The number of guanidine groups is 1. The molecule has 0 spiro atoms. The topological polar surface area (TPSA) is 131 Å². The predicted octanol–water partition coefficient (Wildman–Crippen LogP) is 1.38. The molecule has 0 bridgehead atoms. The fraction of sp³-hybridized carbons (Fsp3) is 0.600. The Labute approximate surface area is 181 Å². The SMILES string of the molecule is NC(N)=NC(=O)OCc1cccc(N2CC(C3CCN(S(=O)(=O)C4CC4)CC3)C2)c1F. The van der Waals surface area contributed by atoms with Gasteiger partial charge in [-0.1, -0.05) is 12.1 Å². The number of carbonyl (C=O) groups is 1. The van der Waals surface area contributed by atoms with Gasteiger partial charge in [-0.3, -0.25) is 0 Å². The van der Waals surface area contributed by atoms with Gasteiger partial charge < -0.3 is 21.1 Å². The van der Waals surface area contributed by atoms with Gasteiger partial charge in [0.1, 0.15) is 6.61 Å². The first-order valence-corrected chi connectivity index (χ1v) is 12.0. The van der Waals surface area contributed by atoms with Gasteiger partial charge in [-0.05, 0) is 43.6 Å². The maximum Gasteiger partial charge on any atom is 0.437 e. The second-order valence-electron chi connectivity index (χ2n) is 8.49. The standard InChI is InChI=1S/C20H28FN5O4S/c21-18-14(12-30-20(27)24-19(22)23)2-1-3-17(18)25-10-15(11-25)13-6-8-26(9-7-13)31(28,29)16-4-5-16/h1-3,13,15-16H,4-12H2,(H4,22,23,24,27). The van der Waals surface area contributed by atoms with E-state index >= 15 is 0 Å². The molecule has 4 N–H and O–H groups in total. The summed E-state index contributed by atoms with van der Waals surface area (Å²) in [6.45, 7) is 2.37. The van der Waals surface area contributed by atoms with E-state index < -0.39 is 27.9 Å². The van der Waals surface area contributed by atoms with E-state index in [9.17, 15) is 17.6 Å². The molecule has 11 heteroatoms. The summed E-state index contributed by atoms with van der Waals surface area (Å²) in [6, 6.07) is 4.98. The summed E-state index contributed by atoms with van der Waals surface area (Å²) in [4.78, 5) is 16.6. The van der Waals surface area contributed by atoms with Crippen LogP contribution in [0.25, 0.3) is 0 Å². The summed E-state index contributed by atoms with van der Waals surface area (Å²) < 4.78 is 46.2. The first-order chi connectivity index (χ1) is 14.8. The van der Waals surface area contributed by atoms with E-state index in [-0.39, 0.29) is 17.4 Å². The van der Waals surface area contributed by atoms with Crippen molar-refractivity contribution in [1.29, 1.82) is 0 Å². The van der Waals surface area contributed by atoms with E-state index in [0.29, 0.717) is 30.6 Å². The zero-order chi connectivity index (χ0) is 22.2.